The molecule has 4 saturated heterocycles. The second-order valence-corrected chi connectivity index (χ2v) is 21.2. The molecule has 0 aromatic rings. The zero-order valence-electron chi connectivity index (χ0n) is 38.1. The van der Waals surface area contributed by atoms with Crippen LogP contribution in [0.25, 0.3) is 0 Å². The van der Waals surface area contributed by atoms with Gasteiger partial charge in [0.15, 0.2) is 24.7 Å². The summed E-state index contributed by atoms with van der Waals surface area (Å²) in [5, 5.41) is 104. The molecule has 0 radical (unpaired) electrons. The van der Waals surface area contributed by atoms with Crippen LogP contribution in [0.1, 0.15) is 92.4 Å². The second kappa shape index (κ2) is 19.1. The van der Waals surface area contributed by atoms with Crippen LogP contribution in [0.4, 0.5) is 0 Å². The largest absolute Gasteiger partial charge is 0.394 e. The summed E-state index contributed by atoms with van der Waals surface area (Å²) >= 11 is 0. The van der Waals surface area contributed by atoms with Crippen molar-refractivity contribution < 1.29 is 89.0 Å². The Labute approximate surface area is 375 Å². The monoisotopic (exact) mass is 917 g/mol. The topological polar surface area (TPSA) is 276 Å². The van der Waals surface area contributed by atoms with Gasteiger partial charge >= 0.3 is 0 Å². The van der Waals surface area contributed by atoms with Gasteiger partial charge < -0.3 is 89.0 Å². The molecule has 18 heteroatoms. The van der Waals surface area contributed by atoms with Crippen LogP contribution in [-0.4, -0.2) is 188 Å². The first-order chi connectivity index (χ1) is 30.3. The molecule has 0 bridgehead atoms. The third kappa shape index (κ3) is 8.48. The van der Waals surface area contributed by atoms with Crippen LogP contribution in [0.15, 0.2) is 11.6 Å². The van der Waals surface area contributed by atoms with Crippen molar-refractivity contribution in [2.45, 2.75) is 203 Å². The van der Waals surface area contributed by atoms with Crippen molar-refractivity contribution in [3.63, 3.8) is 0 Å². The molecule has 368 valence electrons. The van der Waals surface area contributed by atoms with E-state index in [-0.39, 0.29) is 41.5 Å². The molecule has 0 aromatic carbocycles. The van der Waals surface area contributed by atoms with Crippen molar-refractivity contribution in [1.82, 2.24) is 0 Å². The fourth-order valence-electron chi connectivity index (χ4n) is 13.8. The standard InChI is InChI=1S/C46H76O18/c1-20(19-58-41-38(55)36(53)33(50)29(17-47)61-41)9-14-46(57-6)21(2)31-28(64-46)16-27-25-8-7-23-15-24(10-12-44(23,4)26(25)11-13-45(27,31)5)60-43-40(37(54)34(51)30(18-48)62-43)63-42-39(56)35(52)32(49)22(3)59-42/h7,20-22,24-43,47-56H,8-19H2,1-6H3/t20-,21+,22+,24+,25-,26+,27+,28+,29-,30-,31+,32+,33-,34+,35-,36+,37+,38-,39-,40-,41-,42+,43-,44+,45+,46-/m1/s1. The highest BCUT2D eigenvalue weighted by Gasteiger charge is 2.68. The normalized spacial score (nSPS) is 54.3. The number of hydrogen-bond acceptors (Lipinski definition) is 18. The van der Waals surface area contributed by atoms with Crippen molar-refractivity contribution in [1.29, 1.82) is 0 Å². The molecule has 4 aliphatic heterocycles. The summed E-state index contributed by atoms with van der Waals surface area (Å²) in [4.78, 5) is 0. The minimum Gasteiger partial charge on any atom is -0.394 e. The van der Waals surface area contributed by atoms with E-state index in [1.165, 1.54) is 12.5 Å². The first-order valence-electron chi connectivity index (χ1n) is 23.8. The zero-order chi connectivity index (χ0) is 46.2. The Morgan fingerprint density at radius 3 is 2.09 bits per heavy atom. The predicted octanol–water partition coefficient (Wildman–Crippen LogP) is -0.177. The Hall–Kier alpha value is -0.980. The van der Waals surface area contributed by atoms with E-state index < -0.39 is 111 Å². The van der Waals surface area contributed by atoms with Crippen molar-refractivity contribution in [3.8, 4) is 0 Å². The molecular formula is C46H76O18. The smallest absolute Gasteiger partial charge is 0.187 e. The summed E-state index contributed by atoms with van der Waals surface area (Å²) in [5.41, 5.74) is 1.36. The van der Waals surface area contributed by atoms with E-state index >= 15 is 0 Å². The molecule has 18 nitrogen and oxygen atoms in total. The van der Waals surface area contributed by atoms with Gasteiger partial charge in [0.25, 0.3) is 0 Å². The predicted molar refractivity (Wildman–Crippen MR) is 222 cm³/mol. The van der Waals surface area contributed by atoms with Crippen molar-refractivity contribution in [3.05, 3.63) is 11.6 Å². The minimum absolute atomic E-state index is 0.0284. The minimum atomic E-state index is -1.64. The Morgan fingerprint density at radius 1 is 0.750 bits per heavy atom. The number of allylic oxidation sites excluding steroid dienone is 1. The number of ether oxygens (including phenoxy) is 8. The molecule has 0 aromatic heterocycles. The molecule has 10 N–H and O–H groups in total. The Bertz CT molecular complexity index is 1620. The summed E-state index contributed by atoms with van der Waals surface area (Å²) in [5.74, 6) is 1.17. The van der Waals surface area contributed by atoms with Crippen LogP contribution in [-0.2, 0) is 37.9 Å². The van der Waals surface area contributed by atoms with Crippen molar-refractivity contribution >= 4 is 0 Å². The lowest BCUT2D eigenvalue weighted by molar-refractivity contribution is -0.369. The molecule has 4 aliphatic carbocycles. The van der Waals surface area contributed by atoms with Gasteiger partial charge in [0.2, 0.25) is 0 Å². The van der Waals surface area contributed by atoms with Gasteiger partial charge in [-0.15, -0.1) is 0 Å². The maximum absolute atomic E-state index is 11.2. The molecule has 64 heavy (non-hydrogen) atoms. The lowest BCUT2D eigenvalue weighted by Crippen LogP contribution is -2.64. The highest BCUT2D eigenvalue weighted by molar-refractivity contribution is 5.26. The number of rotatable bonds is 13. The molecular weight excluding hydrogens is 840 g/mol. The van der Waals surface area contributed by atoms with E-state index in [9.17, 15) is 51.1 Å². The summed E-state index contributed by atoms with van der Waals surface area (Å²) in [6, 6.07) is 0. The highest BCUT2D eigenvalue weighted by atomic mass is 16.8. The lowest BCUT2D eigenvalue weighted by Gasteiger charge is -2.58. The molecule has 0 amide bonds. The molecule has 3 saturated carbocycles. The van der Waals surface area contributed by atoms with Gasteiger partial charge in [0.1, 0.15) is 67.1 Å². The Kier molecular flexibility index (Phi) is 14.7. The van der Waals surface area contributed by atoms with Gasteiger partial charge in [-0.3, -0.25) is 0 Å². The summed E-state index contributed by atoms with van der Waals surface area (Å²) in [6.45, 7) is 9.84. The van der Waals surface area contributed by atoms with Crippen molar-refractivity contribution in [2.75, 3.05) is 26.9 Å². The highest BCUT2D eigenvalue weighted by Crippen LogP contribution is 2.70. The lowest BCUT2D eigenvalue weighted by atomic mass is 9.47. The third-order valence-corrected chi connectivity index (χ3v) is 17.7. The van der Waals surface area contributed by atoms with Gasteiger partial charge in [0, 0.05) is 19.4 Å². The fourth-order valence-corrected chi connectivity index (χ4v) is 13.8. The van der Waals surface area contributed by atoms with E-state index in [1.54, 1.807) is 7.11 Å². The molecule has 0 spiro atoms. The van der Waals surface area contributed by atoms with Gasteiger partial charge in [-0.1, -0.05) is 39.3 Å². The molecule has 8 rings (SSSR count). The number of aliphatic hydroxyl groups excluding tert-OH is 10. The molecule has 26 atom stereocenters. The van der Waals surface area contributed by atoms with Crippen LogP contribution in [0.3, 0.4) is 0 Å². The number of hydrogen-bond donors (Lipinski definition) is 10. The molecule has 4 heterocycles. The Balaban J connectivity index is 0.896. The average molecular weight is 917 g/mol. The van der Waals surface area contributed by atoms with Crippen molar-refractivity contribution in [2.24, 2.45) is 46.3 Å². The SMILES string of the molecule is CO[C@]1(CC[C@@H](C)CO[C@@H]2O[C@H](CO)[C@@H](O)[C@H](O)[C@H]2O)O[C@H]2C[C@H]3[C@@H]4CC=C5C[C@@H](O[C@@H]6O[C@H](CO)[C@H](O)[C@H](O)[C@H]6O[C@@H]6O[C@@H](C)[C@H](O)[C@@H](O)[C@H]6O)CC[C@]5(C)[C@H]4CC[C@]3(C)[C@H]2[C@@H]1C. The van der Waals surface area contributed by atoms with Crippen LogP contribution in [0.2, 0.25) is 0 Å². The molecule has 8 aliphatic rings. The molecule has 0 unspecified atom stereocenters. The van der Waals surface area contributed by atoms with Crippen LogP contribution in [0, 0.1) is 46.3 Å². The van der Waals surface area contributed by atoms with Crippen LogP contribution >= 0.6 is 0 Å². The number of fused-ring (bicyclic) bond motifs is 7. The first-order valence-corrected chi connectivity index (χ1v) is 23.8. The van der Waals surface area contributed by atoms with Gasteiger partial charge in [-0.05, 0) is 98.7 Å². The van der Waals surface area contributed by atoms with E-state index in [0.29, 0.717) is 49.4 Å². The number of methoxy groups -OCH3 is 1. The van der Waals surface area contributed by atoms with Crippen LogP contribution in [0.5, 0.6) is 0 Å². The van der Waals surface area contributed by atoms with Gasteiger partial charge in [0.05, 0.1) is 38.1 Å². The quantitative estimate of drug-likeness (QED) is 0.107. The van der Waals surface area contributed by atoms with Gasteiger partial charge in [-0.2, -0.15) is 0 Å². The van der Waals surface area contributed by atoms with E-state index in [1.807, 2.05) is 6.92 Å². The van der Waals surface area contributed by atoms with Gasteiger partial charge in [-0.25, -0.2) is 0 Å². The maximum atomic E-state index is 11.2. The van der Waals surface area contributed by atoms with E-state index in [4.69, 9.17) is 37.9 Å². The first kappa shape index (κ1) is 49.4. The summed E-state index contributed by atoms with van der Waals surface area (Å²) in [6.07, 6.45) is -10.5. The number of aliphatic hydroxyl groups is 10. The summed E-state index contributed by atoms with van der Waals surface area (Å²) < 4.78 is 48.9. The third-order valence-electron chi connectivity index (χ3n) is 17.7. The van der Waals surface area contributed by atoms with E-state index in [2.05, 4.69) is 26.8 Å². The molecule has 7 fully saturated rings. The summed E-state index contributed by atoms with van der Waals surface area (Å²) in [7, 11) is 1.73. The zero-order valence-corrected chi connectivity index (χ0v) is 38.1. The Morgan fingerprint density at radius 2 is 1.41 bits per heavy atom. The van der Waals surface area contributed by atoms with E-state index in [0.717, 1.165) is 32.1 Å². The second-order valence-electron chi connectivity index (χ2n) is 21.2. The fraction of sp³-hybridized carbons (Fsp3) is 0.957. The maximum Gasteiger partial charge on any atom is 0.187 e. The average Bonchev–Trinajstić information content (AvgIpc) is 3.74. The van der Waals surface area contributed by atoms with Crippen LogP contribution < -0.4 is 0 Å².